The SMILES string of the molecule is COc1ccc(C(NC(=O)c2cnc3ccccn3c2=O)c2ccccc2)cc1. The summed E-state index contributed by atoms with van der Waals surface area (Å²) in [6.07, 6.45) is 2.92. The van der Waals surface area contributed by atoms with Gasteiger partial charge in [-0.3, -0.25) is 14.0 Å². The Morgan fingerprint density at radius 3 is 2.38 bits per heavy atom. The molecule has 0 saturated carbocycles. The number of fused-ring (bicyclic) bond motifs is 1. The number of aromatic nitrogens is 2. The van der Waals surface area contributed by atoms with Crippen LogP contribution in [-0.4, -0.2) is 22.4 Å². The van der Waals surface area contributed by atoms with Crippen LogP contribution < -0.4 is 15.6 Å². The molecule has 0 spiro atoms. The van der Waals surface area contributed by atoms with E-state index < -0.39 is 17.5 Å². The van der Waals surface area contributed by atoms with Crippen LogP contribution in [0.5, 0.6) is 5.75 Å². The predicted octanol–water partition coefficient (Wildman–Crippen LogP) is 3.22. The van der Waals surface area contributed by atoms with Gasteiger partial charge < -0.3 is 10.1 Å². The van der Waals surface area contributed by atoms with Gasteiger partial charge in [0.1, 0.15) is 17.0 Å². The van der Waals surface area contributed by atoms with Crippen LogP contribution >= 0.6 is 0 Å². The molecule has 0 fully saturated rings. The lowest BCUT2D eigenvalue weighted by Gasteiger charge is -2.20. The largest absolute Gasteiger partial charge is 0.497 e. The minimum atomic E-state index is -0.481. The standard InChI is InChI=1S/C23H19N3O3/c1-29-18-12-10-17(11-13-18)21(16-7-3-2-4-8-16)25-22(27)19-15-24-20-9-5-6-14-26(20)23(19)28/h2-15,21H,1H3,(H,25,27). The Balaban J connectivity index is 1.71. The second-order valence-electron chi connectivity index (χ2n) is 6.50. The molecule has 1 unspecified atom stereocenters. The molecular formula is C23H19N3O3. The number of carbonyl (C=O) groups excluding carboxylic acids is 1. The van der Waals surface area contributed by atoms with E-state index in [-0.39, 0.29) is 5.56 Å². The molecule has 2 heterocycles. The molecule has 0 bridgehead atoms. The molecule has 0 aliphatic carbocycles. The predicted molar refractivity (Wildman–Crippen MR) is 110 cm³/mol. The van der Waals surface area contributed by atoms with Gasteiger partial charge in [0.15, 0.2) is 0 Å². The molecule has 1 N–H and O–H groups in total. The lowest BCUT2D eigenvalue weighted by molar-refractivity contribution is 0.0941. The number of amides is 1. The average Bonchev–Trinajstić information content (AvgIpc) is 2.78. The third-order valence-corrected chi connectivity index (χ3v) is 4.72. The fraction of sp³-hybridized carbons (Fsp3) is 0.0870. The molecular weight excluding hydrogens is 366 g/mol. The molecule has 6 nitrogen and oxygen atoms in total. The van der Waals surface area contributed by atoms with Crippen molar-refractivity contribution in [1.82, 2.24) is 14.7 Å². The van der Waals surface area contributed by atoms with E-state index in [1.165, 1.54) is 10.6 Å². The number of pyridine rings is 1. The van der Waals surface area contributed by atoms with Crippen LogP contribution in [0.2, 0.25) is 0 Å². The smallest absolute Gasteiger partial charge is 0.270 e. The molecule has 4 aromatic rings. The summed E-state index contributed by atoms with van der Waals surface area (Å²) in [4.78, 5) is 30.0. The first-order valence-corrected chi connectivity index (χ1v) is 9.13. The molecule has 2 aromatic carbocycles. The fourth-order valence-corrected chi connectivity index (χ4v) is 3.19. The molecule has 0 aliphatic heterocycles. The van der Waals surface area contributed by atoms with E-state index in [1.807, 2.05) is 54.6 Å². The lowest BCUT2D eigenvalue weighted by atomic mass is 9.98. The van der Waals surface area contributed by atoms with Crippen molar-refractivity contribution in [1.29, 1.82) is 0 Å². The maximum Gasteiger partial charge on any atom is 0.270 e. The zero-order chi connectivity index (χ0) is 20.2. The van der Waals surface area contributed by atoms with E-state index >= 15 is 0 Å². The van der Waals surface area contributed by atoms with E-state index in [9.17, 15) is 9.59 Å². The molecule has 1 atom stereocenters. The maximum absolute atomic E-state index is 13.0. The lowest BCUT2D eigenvalue weighted by Crippen LogP contribution is -2.34. The van der Waals surface area contributed by atoms with Crippen molar-refractivity contribution >= 4 is 11.6 Å². The van der Waals surface area contributed by atoms with Gasteiger partial charge in [-0.2, -0.15) is 0 Å². The third-order valence-electron chi connectivity index (χ3n) is 4.72. The summed E-state index contributed by atoms with van der Waals surface area (Å²) in [5.41, 5.74) is 1.85. The fourth-order valence-electron chi connectivity index (χ4n) is 3.19. The van der Waals surface area contributed by atoms with Gasteiger partial charge in [-0.05, 0) is 35.4 Å². The minimum absolute atomic E-state index is 0.0110. The van der Waals surface area contributed by atoms with Crippen molar-refractivity contribution < 1.29 is 9.53 Å². The number of nitrogens with one attached hydrogen (secondary N) is 1. The van der Waals surface area contributed by atoms with Gasteiger partial charge in [0.2, 0.25) is 0 Å². The van der Waals surface area contributed by atoms with Gasteiger partial charge in [0.25, 0.3) is 11.5 Å². The molecule has 144 valence electrons. The van der Waals surface area contributed by atoms with E-state index in [4.69, 9.17) is 4.74 Å². The first kappa shape index (κ1) is 18.4. The van der Waals surface area contributed by atoms with Gasteiger partial charge in [0.05, 0.1) is 13.2 Å². The Morgan fingerprint density at radius 2 is 1.66 bits per heavy atom. The van der Waals surface area contributed by atoms with Crippen LogP contribution in [0.15, 0.2) is 90.0 Å². The summed E-state index contributed by atoms with van der Waals surface area (Å²) in [5.74, 6) is 0.245. The Kier molecular flexibility index (Phi) is 5.07. The third kappa shape index (κ3) is 3.73. The number of hydrogen-bond donors (Lipinski definition) is 1. The normalized spacial score (nSPS) is 11.8. The van der Waals surface area contributed by atoms with E-state index in [2.05, 4.69) is 10.3 Å². The van der Waals surface area contributed by atoms with Gasteiger partial charge >= 0.3 is 0 Å². The van der Waals surface area contributed by atoms with Crippen LogP contribution in [0.1, 0.15) is 27.5 Å². The minimum Gasteiger partial charge on any atom is -0.497 e. The van der Waals surface area contributed by atoms with E-state index in [0.29, 0.717) is 5.65 Å². The first-order chi connectivity index (χ1) is 14.2. The molecule has 6 heteroatoms. The highest BCUT2D eigenvalue weighted by atomic mass is 16.5. The monoisotopic (exact) mass is 385 g/mol. The molecule has 4 rings (SSSR count). The number of rotatable bonds is 5. The van der Waals surface area contributed by atoms with Crippen molar-refractivity contribution in [3.8, 4) is 5.75 Å². The number of ether oxygens (including phenoxy) is 1. The Bertz CT molecular complexity index is 1200. The van der Waals surface area contributed by atoms with Crippen LogP contribution in [-0.2, 0) is 0 Å². The van der Waals surface area contributed by atoms with Crippen molar-refractivity contribution in [3.63, 3.8) is 0 Å². The highest BCUT2D eigenvalue weighted by Gasteiger charge is 2.20. The number of carbonyl (C=O) groups is 1. The summed E-state index contributed by atoms with van der Waals surface area (Å²) in [6.45, 7) is 0. The number of methoxy groups -OCH3 is 1. The Labute approximate surface area is 167 Å². The molecule has 2 aromatic heterocycles. The van der Waals surface area contributed by atoms with E-state index in [1.54, 1.807) is 31.5 Å². The summed E-state index contributed by atoms with van der Waals surface area (Å²) < 4.78 is 6.58. The van der Waals surface area contributed by atoms with Gasteiger partial charge in [-0.15, -0.1) is 0 Å². The summed E-state index contributed by atoms with van der Waals surface area (Å²) >= 11 is 0. The topological polar surface area (TPSA) is 72.7 Å². The van der Waals surface area contributed by atoms with Gasteiger partial charge in [0, 0.05) is 12.4 Å². The van der Waals surface area contributed by atoms with Gasteiger partial charge in [-0.1, -0.05) is 48.5 Å². The maximum atomic E-state index is 13.0. The summed E-state index contributed by atoms with van der Waals surface area (Å²) in [6, 6.07) is 21.8. The van der Waals surface area contributed by atoms with Crippen molar-refractivity contribution in [2.45, 2.75) is 6.04 Å². The Morgan fingerprint density at radius 1 is 0.966 bits per heavy atom. The van der Waals surface area contributed by atoms with Crippen molar-refractivity contribution in [3.05, 3.63) is 112 Å². The van der Waals surface area contributed by atoms with Crippen molar-refractivity contribution in [2.75, 3.05) is 7.11 Å². The van der Waals surface area contributed by atoms with Crippen LogP contribution in [0.3, 0.4) is 0 Å². The second-order valence-corrected chi connectivity index (χ2v) is 6.50. The molecule has 0 aliphatic rings. The van der Waals surface area contributed by atoms with Crippen LogP contribution in [0, 0.1) is 0 Å². The molecule has 1 amide bonds. The zero-order valence-corrected chi connectivity index (χ0v) is 15.8. The number of nitrogens with zero attached hydrogens (tertiary/aromatic N) is 2. The second kappa shape index (κ2) is 7.98. The highest BCUT2D eigenvalue weighted by molar-refractivity contribution is 5.94. The van der Waals surface area contributed by atoms with Crippen LogP contribution in [0.25, 0.3) is 5.65 Å². The van der Waals surface area contributed by atoms with E-state index in [0.717, 1.165) is 16.9 Å². The van der Waals surface area contributed by atoms with Crippen LogP contribution in [0.4, 0.5) is 0 Å². The first-order valence-electron chi connectivity index (χ1n) is 9.13. The highest BCUT2D eigenvalue weighted by Crippen LogP contribution is 2.24. The Hall–Kier alpha value is -3.93. The number of benzene rings is 2. The molecule has 0 radical (unpaired) electrons. The van der Waals surface area contributed by atoms with Crippen molar-refractivity contribution in [2.24, 2.45) is 0 Å². The quantitative estimate of drug-likeness (QED) is 0.573. The average molecular weight is 385 g/mol. The van der Waals surface area contributed by atoms with Gasteiger partial charge in [-0.25, -0.2) is 4.98 Å². The molecule has 29 heavy (non-hydrogen) atoms. The summed E-state index contributed by atoms with van der Waals surface area (Å²) in [7, 11) is 1.60. The molecule has 0 saturated heterocycles. The zero-order valence-electron chi connectivity index (χ0n) is 15.8. The summed E-state index contributed by atoms with van der Waals surface area (Å²) in [5, 5.41) is 2.98. The number of hydrogen-bond acceptors (Lipinski definition) is 4.